The lowest BCUT2D eigenvalue weighted by Crippen LogP contribution is -2.49. The molecule has 30 nitrogen and oxygen atoms in total. The van der Waals surface area contributed by atoms with Crippen LogP contribution >= 0.6 is 46.4 Å². The number of halogens is 6. The lowest BCUT2D eigenvalue weighted by atomic mass is 10.0. The maximum absolute atomic E-state index is 14.0. The molecule has 718 valence electrons. The Morgan fingerprint density at radius 2 is 0.710 bits per heavy atom. The molecule has 17 rings (SSSR count). The van der Waals surface area contributed by atoms with Gasteiger partial charge in [-0.05, 0) is 186 Å². The van der Waals surface area contributed by atoms with Crippen molar-refractivity contribution in [3.8, 4) is 5.75 Å². The first kappa shape index (κ1) is 99.6. The highest BCUT2D eigenvalue weighted by Gasteiger charge is 2.37. The number of hydrogen-bond donors (Lipinski definition) is 0. The largest absolute Gasteiger partial charge is 0.497 e. The molecule has 4 aliphatic heterocycles. The average molecular weight is 1960 g/mol. The molecular weight excluding hydrogens is 1860 g/mol. The minimum atomic E-state index is -0.737. The van der Waals surface area contributed by atoms with E-state index in [0.717, 1.165) is 21.9 Å². The van der Waals surface area contributed by atoms with Gasteiger partial charge >= 0.3 is 23.9 Å². The number of para-hydroxylation sites is 1. The smallest absolute Gasteiger partial charge is 0.345 e. The molecule has 0 N–H and O–H groups in total. The molecule has 4 amide bonds. The van der Waals surface area contributed by atoms with Crippen LogP contribution in [0.25, 0.3) is 43.6 Å². The minimum absolute atomic E-state index is 0.00589. The van der Waals surface area contributed by atoms with Gasteiger partial charge in [-0.15, -0.1) is 0 Å². The monoisotopic (exact) mass is 1960 g/mol. The van der Waals surface area contributed by atoms with Gasteiger partial charge in [0.05, 0.1) is 101 Å². The van der Waals surface area contributed by atoms with Crippen LogP contribution in [0.3, 0.4) is 0 Å². The molecule has 0 unspecified atom stereocenters. The first-order valence-corrected chi connectivity index (χ1v) is 46.3. The van der Waals surface area contributed by atoms with Crippen LogP contribution in [0.15, 0.2) is 212 Å². The minimum Gasteiger partial charge on any atom is -0.497 e. The Hall–Kier alpha value is -14.3. The number of hydrogen-bond acceptors (Lipinski definition) is 22. The van der Waals surface area contributed by atoms with Gasteiger partial charge in [0.25, 0.3) is 45.9 Å². The number of furan rings is 1. The van der Waals surface area contributed by atoms with Crippen LogP contribution in [0.2, 0.25) is 20.1 Å². The Morgan fingerprint density at radius 3 is 1.12 bits per heavy atom. The van der Waals surface area contributed by atoms with Gasteiger partial charge in [0.2, 0.25) is 0 Å². The van der Waals surface area contributed by atoms with E-state index < -0.39 is 51.9 Å². The molecule has 0 radical (unpaired) electrons. The van der Waals surface area contributed by atoms with E-state index in [9.17, 15) is 66.3 Å². The van der Waals surface area contributed by atoms with E-state index in [-0.39, 0.29) is 90.4 Å². The zero-order valence-electron chi connectivity index (χ0n) is 77.2. The maximum Gasteiger partial charge on any atom is 0.345 e. The number of anilines is 4. The summed E-state index contributed by atoms with van der Waals surface area (Å²) < 4.78 is 63.9. The number of piperazine rings is 4. The quantitative estimate of drug-likeness (QED) is 0.0536. The summed E-state index contributed by atoms with van der Waals surface area (Å²) in [6, 6.07) is 49.9. The molecule has 138 heavy (non-hydrogen) atoms. The first-order chi connectivity index (χ1) is 66.4. The van der Waals surface area contributed by atoms with Crippen LogP contribution in [0.1, 0.15) is 122 Å². The number of pyridine rings is 4. The number of ether oxygens (including phenoxy) is 5. The van der Waals surface area contributed by atoms with Crippen molar-refractivity contribution in [1.82, 2.24) is 37.9 Å². The predicted octanol–water partition coefficient (Wildman–Crippen LogP) is 15.0. The Bertz CT molecular complexity index is 7090. The van der Waals surface area contributed by atoms with Crippen molar-refractivity contribution >= 4 is 160 Å². The SMILES string of the molecule is CCOC(=O)c1c(N2CCN(C(=O)c3ccc(Cl)c(Cl)c3)CC2)c2cc(C)ccc2n(C)c1=O.CCOC(=O)c1c(N2CCN(C(=O)c3ccc(F)cc3)CC2)c2ccccc2n(C)c1=O.CCOC(=O)c1c(N2CCN(C(=O)c3ccc(OC)cc3)CC2)c2cc(Cl)ccc2n(Cc2ccc(F)cc2)c1=O.CCOC(=O)c1c(N2CCN(C(=O)c3ccco3)CC2)c2cc(Cl)ccc2n(C)c1=O. The van der Waals surface area contributed by atoms with Crippen LogP contribution in [0.4, 0.5) is 31.5 Å². The van der Waals surface area contributed by atoms with Gasteiger partial charge < -0.3 is 85.6 Å². The second-order valence-electron chi connectivity index (χ2n) is 32.7. The molecule has 8 aromatic carbocycles. The van der Waals surface area contributed by atoms with Gasteiger partial charge in [-0.25, -0.2) is 28.0 Å². The van der Waals surface area contributed by atoms with Gasteiger partial charge in [0.1, 0.15) is 39.6 Å². The number of rotatable bonds is 19. The van der Waals surface area contributed by atoms with Crippen molar-refractivity contribution in [2.24, 2.45) is 21.1 Å². The number of amides is 4. The molecule has 0 saturated carbocycles. The highest BCUT2D eigenvalue weighted by molar-refractivity contribution is 6.42. The van der Waals surface area contributed by atoms with Gasteiger partial charge in [-0.3, -0.25) is 38.4 Å². The van der Waals surface area contributed by atoms with Gasteiger partial charge in [-0.1, -0.05) is 88.4 Å². The number of aryl methyl sites for hydroxylation is 4. The Morgan fingerprint density at radius 1 is 0.355 bits per heavy atom. The van der Waals surface area contributed by atoms with E-state index in [1.807, 2.05) is 69.0 Å². The molecule has 0 atom stereocenters. The fourth-order valence-corrected chi connectivity index (χ4v) is 18.1. The predicted molar refractivity (Wildman–Crippen MR) is 527 cm³/mol. The summed E-state index contributed by atoms with van der Waals surface area (Å²) in [6.07, 6.45) is 1.46. The number of carbonyl (C=O) groups is 8. The number of fused-ring (bicyclic) bond motifs is 4. The Kier molecular flexibility index (Phi) is 31.9. The number of benzene rings is 8. The number of nitrogens with zero attached hydrogens (tertiary/aromatic N) is 12. The van der Waals surface area contributed by atoms with Crippen LogP contribution in [0, 0.1) is 18.6 Å². The summed E-state index contributed by atoms with van der Waals surface area (Å²) in [5.74, 6) is -3.16. The molecule has 13 aromatic rings. The van der Waals surface area contributed by atoms with Crippen molar-refractivity contribution in [1.29, 1.82) is 0 Å². The zero-order valence-corrected chi connectivity index (χ0v) is 80.3. The lowest BCUT2D eigenvalue weighted by Gasteiger charge is -2.37. The molecule has 36 heteroatoms. The van der Waals surface area contributed by atoms with Crippen molar-refractivity contribution < 1.29 is 75.2 Å². The van der Waals surface area contributed by atoms with E-state index in [1.165, 1.54) is 60.9 Å². The van der Waals surface area contributed by atoms with Crippen molar-refractivity contribution in [3.05, 3.63) is 317 Å². The van der Waals surface area contributed by atoms with Gasteiger partial charge in [-0.2, -0.15) is 0 Å². The van der Waals surface area contributed by atoms with E-state index in [2.05, 4.69) is 0 Å². The Labute approximate surface area is 811 Å². The fraction of sp³-hybridized carbons (Fsp3) is 0.294. The zero-order chi connectivity index (χ0) is 98.6. The second-order valence-corrected chi connectivity index (χ2v) is 34.4. The van der Waals surface area contributed by atoms with E-state index in [1.54, 1.807) is 179 Å². The standard InChI is InChI=1S/C31H29ClFN3O5.C25H25Cl2N3O4.C24H24FN3O4.C22H22ClN3O5/c1-3-41-31(39)27-28(34-14-16-35(17-15-34)29(37)21-6-11-24(40-2)12-7-21)25-18-22(32)8-13-26(25)36(30(27)38)19-20-4-9-23(33)10-5-20;1-4-34-25(33)21-22(17-13-15(2)5-8-20(17)28(3)24(21)32)29-9-11-30(12-10-29)23(31)16-6-7-18(26)19(27)14-16;1-3-32-24(31)20-21(18-6-4-5-7-19(18)26(2)23(20)30)27-12-14-28(15-13-27)22(29)16-8-10-17(25)11-9-16;1-3-30-22(29)18-19(15-13-14(23)6-7-16(15)24(2)21(18)28)25-8-10-26(11-9-25)20(27)17-5-4-12-31-17/h4-13,18H,3,14-17,19H2,1-2H3;5-8,13-14H,4,9-12H2,1-3H3;4-11H,3,12-15H2,1-2H3;4-7,12-13H,3,8-11H2,1-2H3. The number of esters is 4. The lowest BCUT2D eigenvalue weighted by molar-refractivity contribution is 0.0514. The summed E-state index contributed by atoms with van der Waals surface area (Å²) >= 11 is 24.7. The molecule has 0 bridgehead atoms. The summed E-state index contributed by atoms with van der Waals surface area (Å²) in [4.78, 5) is 171. The van der Waals surface area contributed by atoms with E-state index in [0.29, 0.717) is 203 Å². The third kappa shape index (κ3) is 21.4. The normalized spacial score (nSPS) is 13.8. The molecule has 9 heterocycles. The highest BCUT2D eigenvalue weighted by Crippen LogP contribution is 2.38. The highest BCUT2D eigenvalue weighted by atomic mass is 35.5. The fourth-order valence-electron chi connectivity index (χ4n) is 17.4. The maximum atomic E-state index is 14.0. The summed E-state index contributed by atoms with van der Waals surface area (Å²) in [5.41, 5.74) is 5.96. The van der Waals surface area contributed by atoms with Crippen LogP contribution in [-0.2, 0) is 46.6 Å². The van der Waals surface area contributed by atoms with Crippen LogP contribution < -0.4 is 46.6 Å². The third-order valence-corrected chi connectivity index (χ3v) is 25.6. The molecule has 4 fully saturated rings. The van der Waals surface area contributed by atoms with Crippen molar-refractivity contribution in [2.45, 2.75) is 41.2 Å². The summed E-state index contributed by atoms with van der Waals surface area (Å²) in [5, 5.41) is 4.52. The topological polar surface area (TPSA) is 310 Å². The molecule has 4 saturated heterocycles. The van der Waals surface area contributed by atoms with E-state index >= 15 is 0 Å². The molecular formula is C102H100Cl4F2N12O18. The van der Waals surface area contributed by atoms with Crippen LogP contribution in [-0.4, -0.2) is 224 Å². The summed E-state index contributed by atoms with van der Waals surface area (Å²) in [7, 11) is 6.47. The molecule has 5 aromatic heterocycles. The third-order valence-electron chi connectivity index (χ3n) is 24.4. The van der Waals surface area contributed by atoms with Crippen molar-refractivity contribution in [3.63, 3.8) is 0 Å². The number of methoxy groups -OCH3 is 1. The second kappa shape index (κ2) is 44.2. The number of aromatic nitrogens is 4. The number of carbonyl (C=O) groups excluding carboxylic acids is 8. The molecule has 0 spiro atoms. The molecule has 4 aliphatic rings. The van der Waals surface area contributed by atoms with Crippen LogP contribution in [0.5, 0.6) is 5.75 Å². The average Bonchev–Trinajstić information content (AvgIpc) is 0.792. The van der Waals surface area contributed by atoms with Crippen molar-refractivity contribution in [2.75, 3.05) is 158 Å². The van der Waals surface area contributed by atoms with E-state index in [4.69, 9.17) is 74.5 Å². The van der Waals surface area contributed by atoms with Gasteiger partial charge in [0, 0.05) is 174 Å². The first-order valence-electron chi connectivity index (χ1n) is 44.8. The molecule has 0 aliphatic carbocycles. The van der Waals surface area contributed by atoms with Gasteiger partial charge in [0.15, 0.2) is 5.76 Å². The summed E-state index contributed by atoms with van der Waals surface area (Å²) in [6.45, 7) is 16.1. The Balaban J connectivity index is 0.000000148.